The number of carbonyl (C=O) groups is 1. The molecule has 0 aliphatic carbocycles. The second kappa shape index (κ2) is 8.20. The molecule has 136 valence electrons. The molecule has 0 N–H and O–H groups in total. The fourth-order valence-electron chi connectivity index (χ4n) is 2.45. The van der Waals surface area contributed by atoms with Gasteiger partial charge in [0.15, 0.2) is 0 Å². The number of esters is 1. The molecule has 0 atom stereocenters. The van der Waals surface area contributed by atoms with Gasteiger partial charge in [0.05, 0.1) is 30.4 Å². The van der Waals surface area contributed by atoms with Gasteiger partial charge in [0.25, 0.3) is 5.56 Å². The molecule has 0 amide bonds. The summed E-state index contributed by atoms with van der Waals surface area (Å²) in [5.74, 6) is -0.495. The summed E-state index contributed by atoms with van der Waals surface area (Å²) in [6, 6.07) is 5.09. The summed E-state index contributed by atoms with van der Waals surface area (Å²) < 4.78 is 6.66. The summed E-state index contributed by atoms with van der Waals surface area (Å²) in [6.45, 7) is 2.58. The first-order chi connectivity index (χ1) is 12.5. The van der Waals surface area contributed by atoms with Gasteiger partial charge in [0.1, 0.15) is 4.83 Å². The monoisotopic (exact) mass is 410 g/mol. The first-order valence-electron chi connectivity index (χ1n) is 8.09. The second-order valence-electron chi connectivity index (χ2n) is 5.73. The van der Waals surface area contributed by atoms with E-state index < -0.39 is 5.97 Å². The van der Waals surface area contributed by atoms with Gasteiger partial charge in [-0.25, -0.2) is 9.78 Å². The van der Waals surface area contributed by atoms with Gasteiger partial charge in [0, 0.05) is 15.4 Å². The molecule has 0 saturated carbocycles. The lowest BCUT2D eigenvalue weighted by molar-refractivity contribution is 0.0502. The maximum Gasteiger partial charge on any atom is 0.339 e. The van der Waals surface area contributed by atoms with E-state index in [1.807, 2.05) is 6.92 Å². The van der Waals surface area contributed by atoms with Crippen LogP contribution in [0.3, 0.4) is 0 Å². The van der Waals surface area contributed by atoms with Crippen LogP contribution in [0.2, 0.25) is 10.0 Å². The van der Waals surface area contributed by atoms with Gasteiger partial charge in [0.2, 0.25) is 0 Å². The van der Waals surface area contributed by atoms with Crippen molar-refractivity contribution in [3.63, 3.8) is 0 Å². The molecule has 0 fully saturated rings. The van der Waals surface area contributed by atoms with Gasteiger partial charge >= 0.3 is 5.97 Å². The maximum atomic E-state index is 12.9. The van der Waals surface area contributed by atoms with Crippen LogP contribution < -0.4 is 5.56 Å². The Morgan fingerprint density at radius 3 is 2.88 bits per heavy atom. The number of benzene rings is 1. The van der Waals surface area contributed by atoms with Crippen molar-refractivity contribution in [2.45, 2.75) is 26.3 Å². The van der Waals surface area contributed by atoms with E-state index in [0.717, 1.165) is 18.4 Å². The lowest BCUT2D eigenvalue weighted by Gasteiger charge is -2.08. The number of nitrogens with zero attached hydrogens (tertiary/aromatic N) is 2. The van der Waals surface area contributed by atoms with Crippen molar-refractivity contribution in [2.24, 2.45) is 0 Å². The summed E-state index contributed by atoms with van der Waals surface area (Å²) in [6.07, 6.45) is 3.16. The average molecular weight is 411 g/mol. The summed E-state index contributed by atoms with van der Waals surface area (Å²) in [5.41, 5.74) is 0.696. The summed E-state index contributed by atoms with van der Waals surface area (Å²) >= 11 is 13.3. The lowest BCUT2D eigenvalue weighted by Crippen LogP contribution is -2.22. The van der Waals surface area contributed by atoms with Crippen LogP contribution in [0.4, 0.5) is 0 Å². The molecular formula is C18H16Cl2N2O3S. The number of hydrogen-bond acceptors (Lipinski definition) is 5. The van der Waals surface area contributed by atoms with Crippen molar-refractivity contribution in [3.05, 3.63) is 61.4 Å². The number of unbranched alkanes of at least 4 members (excludes halogenated alkanes) is 1. The highest BCUT2D eigenvalue weighted by molar-refractivity contribution is 7.17. The summed E-state index contributed by atoms with van der Waals surface area (Å²) in [7, 11) is 0. The van der Waals surface area contributed by atoms with E-state index in [9.17, 15) is 9.59 Å². The number of hydrogen-bond donors (Lipinski definition) is 0. The largest absolute Gasteiger partial charge is 0.462 e. The predicted molar refractivity (Wildman–Crippen MR) is 105 cm³/mol. The zero-order valence-electron chi connectivity index (χ0n) is 14.0. The fraction of sp³-hybridized carbons (Fsp3) is 0.278. The van der Waals surface area contributed by atoms with Crippen LogP contribution >= 0.6 is 34.5 Å². The minimum absolute atomic E-state index is 0.234. The molecule has 0 saturated heterocycles. The van der Waals surface area contributed by atoms with E-state index >= 15 is 0 Å². The number of aromatic nitrogens is 2. The quantitative estimate of drug-likeness (QED) is 0.433. The SMILES string of the molecule is CCCCOC(=O)c1csc2ncn(Cc3ccc(Cl)cc3Cl)c(=O)c12. The molecule has 2 aromatic heterocycles. The number of halogens is 2. The van der Waals surface area contributed by atoms with Gasteiger partial charge in [-0.05, 0) is 24.1 Å². The van der Waals surface area contributed by atoms with Crippen LogP contribution in [0.1, 0.15) is 35.7 Å². The molecule has 3 rings (SSSR count). The molecule has 0 radical (unpaired) electrons. The standard InChI is InChI=1S/C18H16Cl2N2O3S/c1-2-3-6-25-18(24)13-9-26-16-15(13)17(23)22(10-21-16)8-11-4-5-12(19)7-14(11)20/h4-5,7,9-10H,2-3,6,8H2,1H3. The molecule has 0 spiro atoms. The van der Waals surface area contributed by atoms with Crippen molar-refractivity contribution in [2.75, 3.05) is 6.61 Å². The van der Waals surface area contributed by atoms with Gasteiger partial charge in [-0.1, -0.05) is 42.6 Å². The Hall–Kier alpha value is -1.89. The van der Waals surface area contributed by atoms with Crippen LogP contribution in [-0.4, -0.2) is 22.1 Å². The molecule has 0 aliphatic rings. The number of ether oxygens (including phenoxy) is 1. The minimum Gasteiger partial charge on any atom is -0.462 e. The van der Waals surface area contributed by atoms with Crippen molar-refractivity contribution < 1.29 is 9.53 Å². The van der Waals surface area contributed by atoms with Crippen LogP contribution in [0.25, 0.3) is 10.2 Å². The third-order valence-corrected chi connectivity index (χ3v) is 5.34. The average Bonchev–Trinajstić information content (AvgIpc) is 3.04. The molecule has 0 aliphatic heterocycles. The summed E-state index contributed by atoms with van der Waals surface area (Å²) in [4.78, 5) is 30.0. The third-order valence-electron chi connectivity index (χ3n) is 3.87. The predicted octanol–water partition coefficient (Wildman–Crippen LogP) is 4.77. The highest BCUT2D eigenvalue weighted by Gasteiger charge is 2.19. The fourth-order valence-corrected chi connectivity index (χ4v) is 3.79. The van der Waals surface area contributed by atoms with Crippen LogP contribution in [0, 0.1) is 0 Å². The van der Waals surface area contributed by atoms with Crippen molar-refractivity contribution in [1.82, 2.24) is 9.55 Å². The van der Waals surface area contributed by atoms with Gasteiger partial charge in [-0.3, -0.25) is 9.36 Å². The highest BCUT2D eigenvalue weighted by atomic mass is 35.5. The molecule has 5 nitrogen and oxygen atoms in total. The van der Waals surface area contributed by atoms with Gasteiger partial charge < -0.3 is 4.74 Å². The Bertz CT molecular complexity index is 1010. The molecule has 3 aromatic rings. The highest BCUT2D eigenvalue weighted by Crippen LogP contribution is 2.24. The third kappa shape index (κ3) is 3.92. The molecule has 8 heteroatoms. The Balaban J connectivity index is 1.96. The van der Waals surface area contributed by atoms with E-state index in [1.165, 1.54) is 22.2 Å². The zero-order valence-corrected chi connectivity index (χ0v) is 16.3. The normalized spacial score (nSPS) is 11.0. The minimum atomic E-state index is -0.495. The molecule has 2 heterocycles. The Morgan fingerprint density at radius 1 is 1.35 bits per heavy atom. The van der Waals surface area contributed by atoms with E-state index in [2.05, 4.69) is 4.98 Å². The smallest absolute Gasteiger partial charge is 0.339 e. The van der Waals surface area contributed by atoms with E-state index in [-0.39, 0.29) is 23.1 Å². The molecule has 1 aromatic carbocycles. The maximum absolute atomic E-state index is 12.9. The molecular weight excluding hydrogens is 395 g/mol. The Kier molecular flexibility index (Phi) is 5.96. The second-order valence-corrected chi connectivity index (χ2v) is 7.43. The summed E-state index contributed by atoms with van der Waals surface area (Å²) in [5, 5.41) is 2.89. The zero-order chi connectivity index (χ0) is 18.7. The van der Waals surface area contributed by atoms with Crippen LogP contribution in [0.15, 0.2) is 34.7 Å². The van der Waals surface area contributed by atoms with Crippen molar-refractivity contribution in [1.29, 1.82) is 0 Å². The van der Waals surface area contributed by atoms with Crippen LogP contribution in [-0.2, 0) is 11.3 Å². The molecule has 26 heavy (non-hydrogen) atoms. The van der Waals surface area contributed by atoms with Gasteiger partial charge in [-0.2, -0.15) is 0 Å². The van der Waals surface area contributed by atoms with Gasteiger partial charge in [-0.15, -0.1) is 11.3 Å². The Morgan fingerprint density at radius 2 is 2.15 bits per heavy atom. The van der Waals surface area contributed by atoms with E-state index in [0.29, 0.717) is 21.5 Å². The molecule has 0 bridgehead atoms. The van der Waals surface area contributed by atoms with Crippen molar-refractivity contribution >= 4 is 50.7 Å². The number of fused-ring (bicyclic) bond motifs is 1. The van der Waals surface area contributed by atoms with E-state index in [4.69, 9.17) is 27.9 Å². The van der Waals surface area contributed by atoms with Crippen LogP contribution in [0.5, 0.6) is 0 Å². The number of thiophene rings is 1. The Labute approximate surface area is 164 Å². The molecule has 0 unspecified atom stereocenters. The first-order valence-corrected chi connectivity index (χ1v) is 9.72. The lowest BCUT2D eigenvalue weighted by atomic mass is 10.2. The number of carbonyl (C=O) groups excluding carboxylic acids is 1. The van der Waals surface area contributed by atoms with E-state index in [1.54, 1.807) is 23.6 Å². The van der Waals surface area contributed by atoms with Crippen molar-refractivity contribution in [3.8, 4) is 0 Å². The number of rotatable bonds is 6. The topological polar surface area (TPSA) is 61.2 Å². The first kappa shape index (κ1) is 18.9.